The number of nitrogens with one attached hydrogen (secondary N) is 1. The van der Waals surface area contributed by atoms with Crippen LogP contribution in [0.1, 0.15) is 12.8 Å². The summed E-state index contributed by atoms with van der Waals surface area (Å²) in [7, 11) is 0. The molecule has 1 aromatic rings. The summed E-state index contributed by atoms with van der Waals surface area (Å²) < 4.78 is 19.0. The van der Waals surface area contributed by atoms with Crippen LogP contribution in [0.2, 0.25) is 0 Å². The zero-order valence-electron chi connectivity index (χ0n) is 9.51. The Labute approximate surface area is 109 Å². The minimum atomic E-state index is -0.298. The van der Waals surface area contributed by atoms with Crippen molar-refractivity contribution in [3.8, 4) is 0 Å². The molecule has 0 unspecified atom stereocenters. The van der Waals surface area contributed by atoms with Crippen LogP contribution in [0.3, 0.4) is 0 Å². The standard InChI is InChI=1S/C12H16BrFN2O/c13-9-5-11(15)12(6-10(9)14)16-7-8-1-3-17-4-2-8/h5-6,8,16H,1-4,7,15H2. The molecule has 0 aliphatic carbocycles. The first-order chi connectivity index (χ1) is 8.16. The van der Waals surface area contributed by atoms with E-state index in [-0.39, 0.29) is 5.82 Å². The first-order valence-electron chi connectivity index (χ1n) is 5.73. The van der Waals surface area contributed by atoms with E-state index in [1.165, 1.54) is 6.07 Å². The van der Waals surface area contributed by atoms with Gasteiger partial charge in [-0.15, -0.1) is 0 Å². The van der Waals surface area contributed by atoms with Crippen molar-refractivity contribution in [2.24, 2.45) is 5.92 Å². The molecule has 0 aromatic heterocycles. The minimum absolute atomic E-state index is 0.298. The molecule has 1 fully saturated rings. The predicted octanol–water partition coefficient (Wildman–Crippen LogP) is 3.01. The molecule has 3 nitrogen and oxygen atoms in total. The number of anilines is 2. The first kappa shape index (κ1) is 12.6. The van der Waals surface area contributed by atoms with Crippen molar-refractivity contribution in [2.75, 3.05) is 30.8 Å². The molecule has 0 spiro atoms. The highest BCUT2D eigenvalue weighted by atomic mass is 79.9. The van der Waals surface area contributed by atoms with Crippen molar-refractivity contribution in [3.05, 3.63) is 22.4 Å². The number of nitrogen functional groups attached to an aromatic ring is 1. The first-order valence-corrected chi connectivity index (χ1v) is 6.52. The van der Waals surface area contributed by atoms with Gasteiger partial charge >= 0.3 is 0 Å². The normalized spacial score (nSPS) is 17.1. The van der Waals surface area contributed by atoms with Gasteiger partial charge < -0.3 is 15.8 Å². The van der Waals surface area contributed by atoms with Crippen LogP contribution >= 0.6 is 15.9 Å². The number of ether oxygens (including phenoxy) is 1. The molecule has 0 saturated carbocycles. The SMILES string of the molecule is Nc1cc(Br)c(F)cc1NCC1CCOCC1. The van der Waals surface area contributed by atoms with E-state index >= 15 is 0 Å². The molecule has 0 radical (unpaired) electrons. The van der Waals surface area contributed by atoms with Gasteiger partial charge in [0.25, 0.3) is 0 Å². The Balaban J connectivity index is 1.96. The van der Waals surface area contributed by atoms with Gasteiger partial charge in [-0.2, -0.15) is 0 Å². The number of nitrogens with two attached hydrogens (primary N) is 1. The van der Waals surface area contributed by atoms with Gasteiger partial charge in [-0.3, -0.25) is 0 Å². The largest absolute Gasteiger partial charge is 0.397 e. The van der Waals surface area contributed by atoms with Gasteiger partial charge in [-0.25, -0.2) is 4.39 Å². The van der Waals surface area contributed by atoms with Crippen LogP contribution in [0.25, 0.3) is 0 Å². The van der Waals surface area contributed by atoms with Crippen LogP contribution in [0.5, 0.6) is 0 Å². The van der Waals surface area contributed by atoms with Gasteiger partial charge in [-0.05, 0) is 40.8 Å². The number of benzene rings is 1. The molecule has 1 aliphatic heterocycles. The summed E-state index contributed by atoms with van der Waals surface area (Å²) in [6, 6.07) is 3.01. The zero-order chi connectivity index (χ0) is 12.3. The van der Waals surface area contributed by atoms with E-state index in [9.17, 15) is 4.39 Å². The van der Waals surface area contributed by atoms with Crippen molar-refractivity contribution in [1.82, 2.24) is 0 Å². The molecule has 2 rings (SSSR count). The molecule has 5 heteroatoms. The second-order valence-electron chi connectivity index (χ2n) is 4.29. The highest BCUT2D eigenvalue weighted by Crippen LogP contribution is 2.27. The summed E-state index contributed by atoms with van der Waals surface area (Å²) >= 11 is 3.11. The lowest BCUT2D eigenvalue weighted by atomic mass is 10.0. The Kier molecular flexibility index (Phi) is 4.23. The fourth-order valence-electron chi connectivity index (χ4n) is 1.92. The molecule has 94 valence electrons. The predicted molar refractivity (Wildman–Crippen MR) is 70.5 cm³/mol. The number of rotatable bonds is 3. The molecule has 1 aromatic carbocycles. The van der Waals surface area contributed by atoms with E-state index in [0.717, 1.165) is 32.6 Å². The molecule has 0 atom stereocenters. The third-order valence-corrected chi connectivity index (χ3v) is 3.62. The fourth-order valence-corrected chi connectivity index (χ4v) is 2.28. The summed E-state index contributed by atoms with van der Waals surface area (Å²) in [5, 5.41) is 3.21. The molecule has 3 N–H and O–H groups in total. The Hall–Kier alpha value is -0.810. The molecule has 1 aliphatic rings. The summed E-state index contributed by atoms with van der Waals surface area (Å²) in [5.41, 5.74) is 7.05. The van der Waals surface area contributed by atoms with Crippen LogP contribution in [-0.2, 0) is 4.74 Å². The van der Waals surface area contributed by atoms with E-state index in [2.05, 4.69) is 21.2 Å². The monoisotopic (exact) mass is 302 g/mol. The second kappa shape index (κ2) is 5.69. The van der Waals surface area contributed by atoms with E-state index < -0.39 is 0 Å². The topological polar surface area (TPSA) is 47.3 Å². The van der Waals surface area contributed by atoms with Gasteiger partial charge in [0.2, 0.25) is 0 Å². The summed E-state index contributed by atoms with van der Waals surface area (Å²) in [5.74, 6) is 0.281. The van der Waals surface area contributed by atoms with E-state index in [1.54, 1.807) is 6.07 Å². The molecular formula is C12H16BrFN2O. The van der Waals surface area contributed by atoms with Crippen molar-refractivity contribution < 1.29 is 9.13 Å². The molecule has 1 saturated heterocycles. The number of halogens is 2. The van der Waals surface area contributed by atoms with E-state index in [0.29, 0.717) is 21.8 Å². The maximum atomic E-state index is 13.4. The van der Waals surface area contributed by atoms with Crippen molar-refractivity contribution >= 4 is 27.3 Å². The lowest BCUT2D eigenvalue weighted by Crippen LogP contribution is -2.23. The van der Waals surface area contributed by atoms with Crippen LogP contribution in [-0.4, -0.2) is 19.8 Å². The van der Waals surface area contributed by atoms with Crippen LogP contribution in [0, 0.1) is 11.7 Å². The average molecular weight is 303 g/mol. The Morgan fingerprint density at radius 2 is 2.12 bits per heavy atom. The second-order valence-corrected chi connectivity index (χ2v) is 5.14. The number of hydrogen-bond acceptors (Lipinski definition) is 3. The van der Waals surface area contributed by atoms with E-state index in [1.807, 2.05) is 0 Å². The molecular weight excluding hydrogens is 287 g/mol. The Morgan fingerprint density at radius 3 is 2.82 bits per heavy atom. The lowest BCUT2D eigenvalue weighted by molar-refractivity contribution is 0.0699. The average Bonchev–Trinajstić information content (AvgIpc) is 2.33. The quantitative estimate of drug-likeness (QED) is 0.844. The summed E-state index contributed by atoms with van der Waals surface area (Å²) in [6.45, 7) is 2.45. The smallest absolute Gasteiger partial charge is 0.139 e. The van der Waals surface area contributed by atoms with Crippen LogP contribution in [0.15, 0.2) is 16.6 Å². The Morgan fingerprint density at radius 1 is 1.41 bits per heavy atom. The van der Waals surface area contributed by atoms with Gasteiger partial charge in [0.1, 0.15) is 5.82 Å². The van der Waals surface area contributed by atoms with Crippen molar-refractivity contribution in [2.45, 2.75) is 12.8 Å². The van der Waals surface area contributed by atoms with Crippen LogP contribution in [0.4, 0.5) is 15.8 Å². The third kappa shape index (κ3) is 3.33. The van der Waals surface area contributed by atoms with Gasteiger partial charge in [-0.1, -0.05) is 0 Å². The lowest BCUT2D eigenvalue weighted by Gasteiger charge is -2.23. The summed E-state index contributed by atoms with van der Waals surface area (Å²) in [6.07, 6.45) is 2.10. The van der Waals surface area contributed by atoms with Gasteiger partial charge in [0.15, 0.2) is 0 Å². The number of hydrogen-bond donors (Lipinski definition) is 2. The highest BCUT2D eigenvalue weighted by Gasteiger charge is 2.14. The van der Waals surface area contributed by atoms with Crippen molar-refractivity contribution in [3.63, 3.8) is 0 Å². The highest BCUT2D eigenvalue weighted by molar-refractivity contribution is 9.10. The zero-order valence-corrected chi connectivity index (χ0v) is 11.1. The van der Waals surface area contributed by atoms with Crippen LogP contribution < -0.4 is 11.1 Å². The maximum absolute atomic E-state index is 13.4. The minimum Gasteiger partial charge on any atom is -0.397 e. The molecule has 0 amide bonds. The molecule has 1 heterocycles. The van der Waals surface area contributed by atoms with Gasteiger partial charge in [0.05, 0.1) is 15.8 Å². The summed E-state index contributed by atoms with van der Waals surface area (Å²) in [4.78, 5) is 0. The van der Waals surface area contributed by atoms with Crippen molar-refractivity contribution in [1.29, 1.82) is 0 Å². The third-order valence-electron chi connectivity index (χ3n) is 3.01. The molecule has 0 bridgehead atoms. The fraction of sp³-hybridized carbons (Fsp3) is 0.500. The van der Waals surface area contributed by atoms with E-state index in [4.69, 9.17) is 10.5 Å². The molecule has 17 heavy (non-hydrogen) atoms. The van der Waals surface area contributed by atoms with Gasteiger partial charge in [0, 0.05) is 25.8 Å². The maximum Gasteiger partial charge on any atom is 0.139 e. The Bertz CT molecular complexity index is 394.